The van der Waals surface area contributed by atoms with E-state index < -0.39 is 254 Å². The molecule has 44 heteroatoms. The number of nitrogens with one attached hydrogen (secondary N) is 15. The normalized spacial score (nSPS) is 16.2. The molecule has 0 radical (unpaired) electrons. The average molecular weight is 1660 g/mol. The van der Waals surface area contributed by atoms with Crippen LogP contribution in [0.5, 0.6) is 5.75 Å². The summed E-state index contributed by atoms with van der Waals surface area (Å²) in [6.45, 7) is 9.54. The minimum atomic E-state index is -2.01. The van der Waals surface area contributed by atoms with E-state index >= 15 is 0 Å². The molecule has 0 aliphatic carbocycles. The van der Waals surface area contributed by atoms with Crippen molar-refractivity contribution in [3.05, 3.63) is 83.9 Å². The fraction of sp³-hybridized carbons (Fsp3) is 0.541. The van der Waals surface area contributed by atoms with Crippen LogP contribution >= 0.6 is 0 Å². The number of rotatable bonds is 50. The number of carboxylic acid groups (broad SMARTS) is 3. The number of hydrogen-bond acceptors (Lipinski definition) is 23. The third kappa shape index (κ3) is 32.8. The number of phenols is 1. The third-order valence-corrected chi connectivity index (χ3v) is 18.9. The first-order valence-corrected chi connectivity index (χ1v) is 38.0. The topological polar surface area (TPSA) is 725 Å². The average Bonchev–Trinajstić information content (AvgIpc) is 1.63. The molecule has 1 saturated heterocycles. The Morgan fingerprint density at radius 3 is 1.58 bits per heavy atom. The highest BCUT2D eigenvalue weighted by Gasteiger charge is 2.43. The van der Waals surface area contributed by atoms with Crippen molar-refractivity contribution in [1.29, 1.82) is 5.41 Å². The van der Waals surface area contributed by atoms with E-state index in [9.17, 15) is 112 Å². The molecule has 0 unspecified atom stereocenters. The number of carbonyl (C=O) groups excluding carboxylic acids is 15. The van der Waals surface area contributed by atoms with Crippen LogP contribution < -0.4 is 92.1 Å². The number of benzene rings is 2. The van der Waals surface area contributed by atoms with Gasteiger partial charge in [0.15, 0.2) is 5.96 Å². The molecular formula is C74H109N21O23. The number of nitrogens with two attached hydrogens (primary N) is 4. The second-order valence-corrected chi connectivity index (χ2v) is 28.9. The van der Waals surface area contributed by atoms with E-state index in [1.807, 2.05) is 0 Å². The highest BCUT2D eigenvalue weighted by molar-refractivity contribution is 6.01. The molecule has 15 amide bonds. The van der Waals surface area contributed by atoms with Crippen molar-refractivity contribution in [2.45, 2.75) is 229 Å². The first kappa shape index (κ1) is 97.5. The van der Waals surface area contributed by atoms with E-state index in [2.05, 4.69) is 79.1 Å². The molecule has 0 spiro atoms. The number of nitrogens with zero attached hydrogens (tertiary/aromatic N) is 2. The predicted molar refractivity (Wildman–Crippen MR) is 416 cm³/mol. The van der Waals surface area contributed by atoms with Crippen molar-refractivity contribution in [2.24, 2.45) is 34.8 Å². The predicted octanol–water partition coefficient (Wildman–Crippen LogP) is -6.77. The Balaban J connectivity index is 1.59. The van der Waals surface area contributed by atoms with Crippen molar-refractivity contribution in [3.63, 3.8) is 0 Å². The van der Waals surface area contributed by atoms with E-state index in [-0.39, 0.29) is 81.5 Å². The van der Waals surface area contributed by atoms with Gasteiger partial charge in [0.1, 0.15) is 84.3 Å². The van der Waals surface area contributed by atoms with Gasteiger partial charge < -0.3 is 127 Å². The van der Waals surface area contributed by atoms with E-state index in [1.54, 1.807) is 44.2 Å². The molecule has 118 heavy (non-hydrogen) atoms. The number of amides is 15. The molecule has 16 atom stereocenters. The number of likely N-dealkylation sites (tertiary alicyclic amines) is 1. The number of H-pyrrole nitrogens is 1. The number of aromatic amines is 1. The van der Waals surface area contributed by atoms with Crippen molar-refractivity contribution >= 4 is 112 Å². The summed E-state index contributed by atoms with van der Waals surface area (Å²) in [6, 6.07) is -9.22. The molecular weight excluding hydrogens is 1550 g/mol. The molecule has 28 N–H and O–H groups in total. The van der Waals surface area contributed by atoms with E-state index in [4.69, 9.17) is 28.3 Å². The van der Waals surface area contributed by atoms with Crippen molar-refractivity contribution in [3.8, 4) is 5.75 Å². The maximum atomic E-state index is 14.8. The van der Waals surface area contributed by atoms with Crippen LogP contribution in [0.2, 0.25) is 0 Å². The second-order valence-electron chi connectivity index (χ2n) is 28.9. The molecule has 1 fully saturated rings. The van der Waals surface area contributed by atoms with Crippen LogP contribution in [0.1, 0.15) is 136 Å². The van der Waals surface area contributed by atoms with Gasteiger partial charge in [-0.15, -0.1) is 0 Å². The molecule has 1 aliphatic rings. The van der Waals surface area contributed by atoms with Crippen LogP contribution in [0.3, 0.4) is 0 Å². The number of hydrogen-bond donors (Lipinski definition) is 24. The van der Waals surface area contributed by atoms with Crippen LogP contribution in [-0.2, 0) is 106 Å². The molecule has 3 aromatic rings. The smallest absolute Gasteiger partial charge is 0.326 e. The lowest BCUT2D eigenvalue weighted by Crippen LogP contribution is -2.63. The summed E-state index contributed by atoms with van der Waals surface area (Å²) in [4.78, 5) is 252. The molecule has 0 saturated carbocycles. The minimum Gasteiger partial charge on any atom is -0.508 e. The monoisotopic (exact) mass is 1660 g/mol. The number of primary amides is 2. The highest BCUT2D eigenvalue weighted by atomic mass is 16.4. The SMILES string of the molecule is CC[C@H](C)[C@H](NC(=O)[C@H](CC(N)=O)NC(=O)[C@H](Cc1ccc(O)cc1)NC(=O)[C@H](Cc1cnc[nH]1)NC(=O)[C@H](C)NC(=O)[C@H](CCCNC(=N)N)NC(=O)[C@H](CC(=O)O)NC(=O)[C@@H]1CCCN1C(=O)[C@H](CCC(=O)O)NC(=O)[C@H](C)NC(=O)[C@@H](N)CCC(N)=O)C(=O)N[C@H](C(=O)N[C@H](C(=O)N[C@@H](Cc1ccccc1)C(=O)O)[C@@H](C)O)C(C)C. The number of imidazole rings is 1. The van der Waals surface area contributed by atoms with Gasteiger partial charge in [0.25, 0.3) is 0 Å². The highest BCUT2D eigenvalue weighted by Crippen LogP contribution is 2.22. The van der Waals surface area contributed by atoms with Crippen molar-refractivity contribution < 1.29 is 112 Å². The van der Waals surface area contributed by atoms with Crippen LogP contribution in [0, 0.1) is 17.2 Å². The molecule has 648 valence electrons. The molecule has 2 aromatic carbocycles. The van der Waals surface area contributed by atoms with Crippen molar-refractivity contribution in [1.82, 2.24) is 84.0 Å². The second kappa shape index (κ2) is 47.8. The van der Waals surface area contributed by atoms with E-state index in [1.165, 1.54) is 57.6 Å². The summed E-state index contributed by atoms with van der Waals surface area (Å²) in [7, 11) is 0. The lowest BCUT2D eigenvalue weighted by atomic mass is 9.95. The van der Waals surface area contributed by atoms with Gasteiger partial charge in [0.2, 0.25) is 88.6 Å². The number of aliphatic hydroxyl groups is 1. The molecule has 1 aromatic heterocycles. The maximum Gasteiger partial charge on any atom is 0.326 e. The van der Waals surface area contributed by atoms with Crippen LogP contribution in [0.4, 0.5) is 0 Å². The minimum absolute atomic E-state index is 0.0613. The van der Waals surface area contributed by atoms with Crippen LogP contribution in [0.15, 0.2) is 67.1 Å². The van der Waals surface area contributed by atoms with Gasteiger partial charge in [-0.1, -0.05) is 76.6 Å². The van der Waals surface area contributed by atoms with Gasteiger partial charge >= 0.3 is 17.9 Å². The maximum absolute atomic E-state index is 14.8. The number of aliphatic hydroxyl groups excluding tert-OH is 1. The number of phenolic OH excluding ortho intramolecular Hbond substituents is 1. The number of aromatic nitrogens is 2. The van der Waals surface area contributed by atoms with E-state index in [0.717, 1.165) is 18.7 Å². The number of aliphatic carboxylic acids is 3. The van der Waals surface area contributed by atoms with Gasteiger partial charge in [-0.2, -0.15) is 0 Å². The largest absolute Gasteiger partial charge is 0.508 e. The Morgan fingerprint density at radius 2 is 1.03 bits per heavy atom. The summed E-state index contributed by atoms with van der Waals surface area (Å²) >= 11 is 0. The molecule has 0 bridgehead atoms. The summed E-state index contributed by atoms with van der Waals surface area (Å²) in [5.41, 5.74) is 23.1. The standard InChI is InChI=1S/C74H109N21O23/c1-8-36(4)58(70(114)92-57(35(2)3)69(113)94-59(39(7)96)71(115)91-51(73(117)118)29-40-14-10-9-11-15-40)93-67(111)49(31-54(77)99)89-64(108)47(28-41-18-20-43(97)21-19-41)88-65(109)48(30-42-33-80-34-82-42)87-61(105)38(6)84-63(107)45(16-12-26-81-74(78)79)85-66(110)50(32-56(102)103)90-68(112)52-17-13-27-95(52)72(116)46(23-25-55(100)101)86-60(104)37(5)83-62(106)44(75)22-24-53(76)98/h9-11,14-15,18-21,33-39,44-52,57-59,96-97H,8,12-13,16-17,22-32,75H2,1-7H3,(H2,76,98)(H2,77,99)(H,80,82)(H,83,106)(H,84,107)(H,85,110)(H,86,104)(H,87,105)(H,88,109)(H,89,108)(H,90,112)(H,91,115)(H,92,114)(H,93,111)(H,94,113)(H,100,101)(H,102,103)(H,117,118)(H4,78,79,81)/t36-,37-,38-,39+,44-,45-,46-,47-,48-,49-,50-,51-,52-,57-,58-,59-/m0/s1. The summed E-state index contributed by atoms with van der Waals surface area (Å²) in [5, 5.41) is 89.5. The van der Waals surface area contributed by atoms with Gasteiger partial charge in [0.05, 0.1) is 31.3 Å². The molecule has 1 aliphatic heterocycles. The van der Waals surface area contributed by atoms with Crippen LogP contribution in [0.25, 0.3) is 0 Å². The fourth-order valence-electron chi connectivity index (χ4n) is 12.1. The lowest BCUT2D eigenvalue weighted by Gasteiger charge is -2.31. The first-order chi connectivity index (χ1) is 55.5. The summed E-state index contributed by atoms with van der Waals surface area (Å²) in [5.74, 6) is -22.5. The lowest BCUT2D eigenvalue weighted by molar-refractivity contribution is -0.145. The number of aromatic hydroxyl groups is 1. The van der Waals surface area contributed by atoms with Gasteiger partial charge in [0, 0.05) is 57.1 Å². The van der Waals surface area contributed by atoms with Crippen LogP contribution in [-0.4, -0.2) is 257 Å². The Labute approximate surface area is 677 Å². The quantitative estimate of drug-likeness (QED) is 0.0142. The number of carboxylic acids is 3. The fourth-order valence-corrected chi connectivity index (χ4v) is 12.1. The Bertz CT molecular complexity index is 4040. The van der Waals surface area contributed by atoms with E-state index in [0.29, 0.717) is 5.56 Å². The van der Waals surface area contributed by atoms with Gasteiger partial charge in [-0.05, 0) is 94.4 Å². The zero-order valence-electron chi connectivity index (χ0n) is 66.3. The summed E-state index contributed by atoms with van der Waals surface area (Å²) < 4.78 is 0. The Morgan fingerprint density at radius 1 is 0.525 bits per heavy atom. The third-order valence-electron chi connectivity index (χ3n) is 18.9. The van der Waals surface area contributed by atoms with Gasteiger partial charge in [-0.25, -0.2) is 9.78 Å². The Hall–Kier alpha value is -12.9. The zero-order valence-corrected chi connectivity index (χ0v) is 66.3. The first-order valence-electron chi connectivity index (χ1n) is 38.0. The zero-order chi connectivity index (χ0) is 88.4. The molecule has 2 heterocycles. The molecule has 44 nitrogen and oxygen atoms in total. The summed E-state index contributed by atoms with van der Waals surface area (Å²) in [6.07, 6.45) is -3.98. The Kier molecular flexibility index (Phi) is 39.5. The molecule has 4 rings (SSSR count). The van der Waals surface area contributed by atoms with Gasteiger partial charge in [-0.3, -0.25) is 86.9 Å². The number of guanidine groups is 1. The number of carbonyl (C=O) groups is 18. The van der Waals surface area contributed by atoms with Crippen molar-refractivity contribution in [2.75, 3.05) is 13.1 Å².